The third kappa shape index (κ3) is 64.4. The van der Waals surface area contributed by atoms with Gasteiger partial charge in [0.1, 0.15) is 19.8 Å². The molecule has 2 unspecified atom stereocenters. The number of quaternary nitrogens is 1. The standard InChI is InChI=1S/C70H126NO8P/c1-6-8-10-12-14-16-18-20-22-23-24-25-26-27-28-29-30-31-32-33-34-35-36-37-38-39-40-41-42-43-44-45-46-47-49-50-52-54-56-58-60-62-69(72)76-66-68(67-78-80(74,75)77-65-64-71(3,4)5)79-70(73)63-61-59-57-55-53-51-48-21-19-17-15-13-11-9-7-2/h9,11,15,17-18,20-21,23-24,48,53,55,59,61,68H,6-8,10,12-14,16,19,22,25-47,49-52,54,56-58,60,62-67H2,1-5H3/p+1/b11-9-,17-15-,20-18-,24-23-,48-21-,55-53-,61-59-. The van der Waals surface area contributed by atoms with Crippen LogP contribution in [0.2, 0.25) is 0 Å². The average Bonchev–Trinajstić information content (AvgIpc) is 3.42. The van der Waals surface area contributed by atoms with Crippen LogP contribution in [0.1, 0.15) is 296 Å². The summed E-state index contributed by atoms with van der Waals surface area (Å²) in [5.74, 6) is -0.939. The minimum absolute atomic E-state index is 0.00729. The fourth-order valence-electron chi connectivity index (χ4n) is 9.36. The first-order valence-corrected chi connectivity index (χ1v) is 34.8. The van der Waals surface area contributed by atoms with E-state index in [1.165, 1.54) is 212 Å². The lowest BCUT2D eigenvalue weighted by Crippen LogP contribution is -2.37. The van der Waals surface area contributed by atoms with Crippen LogP contribution in [0.3, 0.4) is 0 Å². The monoisotopic (exact) mass is 1140 g/mol. The quantitative estimate of drug-likeness (QED) is 0.0211. The molecule has 2 atom stereocenters. The van der Waals surface area contributed by atoms with Crippen LogP contribution in [0.25, 0.3) is 0 Å². The van der Waals surface area contributed by atoms with Gasteiger partial charge in [-0.3, -0.25) is 18.6 Å². The molecule has 1 N–H and O–H groups in total. The van der Waals surface area contributed by atoms with Crippen LogP contribution in [-0.4, -0.2) is 74.9 Å². The second-order valence-electron chi connectivity index (χ2n) is 23.5. The van der Waals surface area contributed by atoms with Gasteiger partial charge < -0.3 is 18.9 Å². The second-order valence-corrected chi connectivity index (χ2v) is 24.9. The van der Waals surface area contributed by atoms with Gasteiger partial charge in [-0.25, -0.2) is 4.57 Å². The largest absolute Gasteiger partial charge is 0.472 e. The first kappa shape index (κ1) is 77.2. The van der Waals surface area contributed by atoms with Crippen molar-refractivity contribution in [2.45, 2.75) is 302 Å². The van der Waals surface area contributed by atoms with Gasteiger partial charge in [0.25, 0.3) is 0 Å². The third-order valence-corrected chi connectivity index (χ3v) is 15.4. The van der Waals surface area contributed by atoms with E-state index < -0.39 is 26.5 Å². The van der Waals surface area contributed by atoms with Crippen LogP contribution in [0.4, 0.5) is 0 Å². The first-order chi connectivity index (χ1) is 39.0. The zero-order valence-corrected chi connectivity index (χ0v) is 53.7. The first-order valence-electron chi connectivity index (χ1n) is 33.3. The van der Waals surface area contributed by atoms with Crippen LogP contribution in [0, 0.1) is 0 Å². The summed E-state index contributed by atoms with van der Waals surface area (Å²) in [7, 11) is 1.42. The lowest BCUT2D eigenvalue weighted by Gasteiger charge is -2.24. The number of phosphoric acid groups is 1. The van der Waals surface area contributed by atoms with E-state index in [2.05, 4.69) is 80.7 Å². The molecule has 0 aromatic heterocycles. The van der Waals surface area contributed by atoms with Gasteiger partial charge >= 0.3 is 19.8 Å². The number of nitrogens with zero attached hydrogens (tertiary/aromatic N) is 1. The van der Waals surface area contributed by atoms with E-state index in [1.54, 1.807) is 6.08 Å². The number of ether oxygens (including phenoxy) is 2. The normalized spacial score (nSPS) is 13.7. The van der Waals surface area contributed by atoms with Crippen LogP contribution < -0.4 is 0 Å². The molecule has 0 aromatic carbocycles. The van der Waals surface area contributed by atoms with Gasteiger partial charge in [0.05, 0.1) is 34.2 Å². The Morgan fingerprint density at radius 3 is 1.12 bits per heavy atom. The van der Waals surface area contributed by atoms with E-state index in [1.807, 2.05) is 33.3 Å². The zero-order chi connectivity index (χ0) is 58.4. The van der Waals surface area contributed by atoms with Crippen LogP contribution in [0.15, 0.2) is 85.1 Å². The molecule has 0 aliphatic rings. The third-order valence-electron chi connectivity index (χ3n) is 14.4. The number of unbranched alkanes of at least 4 members (excludes halogenated alkanes) is 34. The van der Waals surface area contributed by atoms with Crippen molar-refractivity contribution in [2.75, 3.05) is 47.5 Å². The molecule has 464 valence electrons. The fraction of sp³-hybridized carbons (Fsp3) is 0.771. The van der Waals surface area contributed by atoms with E-state index >= 15 is 0 Å². The maximum absolute atomic E-state index is 12.7. The Morgan fingerprint density at radius 2 is 0.750 bits per heavy atom. The average molecular weight is 1140 g/mol. The molecule has 0 bridgehead atoms. The van der Waals surface area contributed by atoms with E-state index in [4.69, 9.17) is 18.5 Å². The van der Waals surface area contributed by atoms with Gasteiger partial charge in [-0.2, -0.15) is 0 Å². The van der Waals surface area contributed by atoms with Gasteiger partial charge in [0, 0.05) is 6.42 Å². The van der Waals surface area contributed by atoms with Crippen molar-refractivity contribution < 1.29 is 42.1 Å². The molecule has 0 aromatic rings. The summed E-state index contributed by atoms with van der Waals surface area (Å²) in [6.45, 7) is 4.21. The number of esters is 2. The van der Waals surface area contributed by atoms with Gasteiger partial charge in [-0.1, -0.05) is 298 Å². The molecule has 0 heterocycles. The highest BCUT2D eigenvalue weighted by Crippen LogP contribution is 2.43. The molecule has 10 heteroatoms. The summed E-state index contributed by atoms with van der Waals surface area (Å²) >= 11 is 0. The van der Waals surface area contributed by atoms with E-state index in [0.29, 0.717) is 17.4 Å². The summed E-state index contributed by atoms with van der Waals surface area (Å²) in [6, 6.07) is 0. The predicted octanol–water partition coefficient (Wildman–Crippen LogP) is 21.4. The highest BCUT2D eigenvalue weighted by Gasteiger charge is 2.27. The van der Waals surface area contributed by atoms with Crippen molar-refractivity contribution >= 4 is 19.8 Å². The molecule has 0 aliphatic heterocycles. The van der Waals surface area contributed by atoms with Crippen molar-refractivity contribution in [3.8, 4) is 0 Å². The highest BCUT2D eigenvalue weighted by molar-refractivity contribution is 7.47. The van der Waals surface area contributed by atoms with Crippen LogP contribution in [0.5, 0.6) is 0 Å². The zero-order valence-electron chi connectivity index (χ0n) is 52.8. The Labute approximate surface area is 494 Å². The molecule has 0 amide bonds. The summed E-state index contributed by atoms with van der Waals surface area (Å²) in [4.78, 5) is 35.6. The Hall–Kier alpha value is -2.81. The predicted molar refractivity (Wildman–Crippen MR) is 344 cm³/mol. The van der Waals surface area contributed by atoms with Gasteiger partial charge in [0.2, 0.25) is 0 Å². The molecule has 0 radical (unpaired) electrons. The Bertz CT molecular complexity index is 1630. The highest BCUT2D eigenvalue weighted by atomic mass is 31.2. The van der Waals surface area contributed by atoms with E-state index in [-0.39, 0.29) is 32.0 Å². The topological polar surface area (TPSA) is 108 Å². The van der Waals surface area contributed by atoms with Crippen molar-refractivity contribution in [1.82, 2.24) is 0 Å². The molecule has 0 saturated carbocycles. The van der Waals surface area contributed by atoms with Crippen molar-refractivity contribution in [3.63, 3.8) is 0 Å². The van der Waals surface area contributed by atoms with Crippen LogP contribution >= 0.6 is 7.82 Å². The number of carbonyl (C=O) groups excluding carboxylic acids is 2. The SMILES string of the molecule is CC/C=C\C/C=C\C/C=C\C/C=C\C/C=C\CC(=O)OC(COC(=O)CCCCCCCCCCCCCCCCCCCCCCCCCCCCCCC/C=C\C/C=C\CCCCCCC)COP(=O)(O)OCC[N+](C)(C)C. The number of phosphoric ester groups is 1. The Balaban J connectivity index is 3.89. The summed E-state index contributed by atoms with van der Waals surface area (Å²) in [5, 5.41) is 0. The number of hydrogen-bond donors (Lipinski definition) is 1. The van der Waals surface area contributed by atoms with Gasteiger partial charge in [0.15, 0.2) is 6.10 Å². The van der Waals surface area contributed by atoms with Gasteiger partial charge in [-0.15, -0.1) is 0 Å². The number of allylic oxidation sites excluding steroid dienone is 13. The van der Waals surface area contributed by atoms with Crippen molar-refractivity contribution in [2.24, 2.45) is 0 Å². The maximum atomic E-state index is 12.7. The molecule has 0 rings (SSSR count). The molecule has 80 heavy (non-hydrogen) atoms. The molecule has 0 spiro atoms. The smallest absolute Gasteiger partial charge is 0.462 e. The molecular weight excluding hydrogens is 1010 g/mol. The van der Waals surface area contributed by atoms with E-state index in [9.17, 15) is 19.0 Å². The maximum Gasteiger partial charge on any atom is 0.472 e. The number of hydrogen-bond acceptors (Lipinski definition) is 7. The number of likely N-dealkylation sites (N-methyl/N-ethyl adjacent to an activating group) is 1. The molecule has 0 fully saturated rings. The minimum Gasteiger partial charge on any atom is -0.462 e. The number of carbonyl (C=O) groups is 2. The van der Waals surface area contributed by atoms with E-state index in [0.717, 1.165) is 51.4 Å². The van der Waals surface area contributed by atoms with Crippen LogP contribution in [-0.2, 0) is 32.7 Å². The lowest BCUT2D eigenvalue weighted by molar-refractivity contribution is -0.870. The van der Waals surface area contributed by atoms with Crippen molar-refractivity contribution in [3.05, 3.63) is 85.1 Å². The fourth-order valence-corrected chi connectivity index (χ4v) is 10.1. The Kier molecular flexibility index (Phi) is 58.6. The lowest BCUT2D eigenvalue weighted by atomic mass is 10.0. The minimum atomic E-state index is -4.41. The number of rotatable bonds is 61. The molecular formula is C70H127NO8P+. The second kappa shape index (κ2) is 60.8. The van der Waals surface area contributed by atoms with Gasteiger partial charge in [-0.05, 0) is 70.6 Å². The molecule has 0 aliphatic carbocycles. The molecule has 9 nitrogen and oxygen atoms in total. The Morgan fingerprint density at radius 1 is 0.412 bits per heavy atom. The van der Waals surface area contributed by atoms with Crippen molar-refractivity contribution in [1.29, 1.82) is 0 Å². The molecule has 0 saturated heterocycles. The summed E-state index contributed by atoms with van der Waals surface area (Å²) in [6.07, 6.45) is 83.3. The summed E-state index contributed by atoms with van der Waals surface area (Å²) < 4.78 is 34.4. The summed E-state index contributed by atoms with van der Waals surface area (Å²) in [5.41, 5.74) is 0.